The van der Waals surface area contributed by atoms with Crippen LogP contribution in [0.25, 0.3) is 21.2 Å². The Labute approximate surface area is 186 Å². The van der Waals surface area contributed by atoms with E-state index in [-0.39, 0.29) is 10.0 Å². The van der Waals surface area contributed by atoms with Gasteiger partial charge < -0.3 is 11.1 Å². The number of aromatic nitrogens is 2. The number of nitrogens with zero attached hydrogens (tertiary/aromatic N) is 2. The van der Waals surface area contributed by atoms with E-state index in [0.717, 1.165) is 32.7 Å². The van der Waals surface area contributed by atoms with Gasteiger partial charge >= 0.3 is 6.18 Å². The number of nitrogens with two attached hydrogens (primary N) is 1. The van der Waals surface area contributed by atoms with Gasteiger partial charge in [-0.25, -0.2) is 4.98 Å². The predicted molar refractivity (Wildman–Crippen MR) is 121 cm³/mol. The molecule has 0 aliphatic heterocycles. The lowest BCUT2D eigenvalue weighted by atomic mass is 10.1. The molecule has 0 amide bonds. The van der Waals surface area contributed by atoms with Crippen LogP contribution < -0.4 is 11.1 Å². The van der Waals surface area contributed by atoms with Crippen molar-refractivity contribution in [2.24, 2.45) is 5.73 Å². The molecule has 0 fully saturated rings. The highest BCUT2D eigenvalue weighted by Gasteiger charge is 2.38. The van der Waals surface area contributed by atoms with Crippen LogP contribution in [0.1, 0.15) is 18.2 Å². The molecule has 2 heterocycles. The lowest BCUT2D eigenvalue weighted by Crippen LogP contribution is -2.07. The first-order valence-electron chi connectivity index (χ1n) is 9.42. The van der Waals surface area contributed by atoms with Crippen molar-refractivity contribution in [1.29, 1.82) is 0 Å². The summed E-state index contributed by atoms with van der Waals surface area (Å²) >= 11 is 6.64. The van der Waals surface area contributed by atoms with E-state index in [9.17, 15) is 13.2 Å². The standard InChI is InChI=1S/C15H12F3N3S.C7H8ClN/c1-2-20-14-21-13(15(16,17)18)12(22-14)10-3-4-11-8-19-6-5-9(11)7-10;8-7-3-1-6(5-9)2-4-7/h3-8H,2H2,1H3,(H,20,21);1-4H,5,9H2. The smallest absolute Gasteiger partial charge is 0.362 e. The first-order chi connectivity index (χ1) is 14.8. The van der Waals surface area contributed by atoms with Crippen LogP contribution in [0.15, 0.2) is 60.9 Å². The second-order valence-corrected chi connectivity index (χ2v) is 7.93. The zero-order chi connectivity index (χ0) is 22.4. The molecule has 0 aliphatic rings. The van der Waals surface area contributed by atoms with Gasteiger partial charge in [0.1, 0.15) is 0 Å². The molecule has 2 aromatic carbocycles. The molecule has 0 bridgehead atoms. The average Bonchev–Trinajstić information content (AvgIpc) is 3.19. The molecule has 9 heteroatoms. The molecular formula is C22H20ClF3N4S. The second kappa shape index (κ2) is 10.1. The van der Waals surface area contributed by atoms with Crippen molar-refractivity contribution >= 4 is 38.8 Å². The number of nitrogens with one attached hydrogen (secondary N) is 1. The maximum atomic E-state index is 13.2. The van der Waals surface area contributed by atoms with Crippen LogP contribution in [0.4, 0.5) is 18.3 Å². The van der Waals surface area contributed by atoms with E-state index < -0.39 is 11.9 Å². The molecule has 31 heavy (non-hydrogen) atoms. The van der Waals surface area contributed by atoms with Crippen molar-refractivity contribution in [3.8, 4) is 10.4 Å². The maximum absolute atomic E-state index is 13.2. The third kappa shape index (κ3) is 5.94. The molecular weight excluding hydrogens is 445 g/mol. The summed E-state index contributed by atoms with van der Waals surface area (Å²) in [6.07, 6.45) is -1.18. The lowest BCUT2D eigenvalue weighted by Gasteiger charge is -2.07. The molecule has 4 aromatic rings. The van der Waals surface area contributed by atoms with Gasteiger partial charge in [-0.1, -0.05) is 47.2 Å². The van der Waals surface area contributed by atoms with Crippen LogP contribution in [0.2, 0.25) is 5.02 Å². The molecule has 3 N–H and O–H groups in total. The van der Waals surface area contributed by atoms with Crippen molar-refractivity contribution in [3.63, 3.8) is 0 Å². The highest BCUT2D eigenvalue weighted by molar-refractivity contribution is 7.19. The van der Waals surface area contributed by atoms with Gasteiger partial charge in [-0.3, -0.25) is 4.98 Å². The van der Waals surface area contributed by atoms with Crippen molar-refractivity contribution in [2.45, 2.75) is 19.6 Å². The third-order valence-electron chi connectivity index (χ3n) is 4.28. The minimum atomic E-state index is -4.48. The summed E-state index contributed by atoms with van der Waals surface area (Å²) in [6.45, 7) is 2.92. The molecule has 0 saturated carbocycles. The highest BCUT2D eigenvalue weighted by atomic mass is 35.5. The number of benzene rings is 2. The van der Waals surface area contributed by atoms with E-state index in [2.05, 4.69) is 15.3 Å². The molecule has 0 radical (unpaired) electrons. The van der Waals surface area contributed by atoms with Gasteiger partial charge in [0.25, 0.3) is 0 Å². The fourth-order valence-electron chi connectivity index (χ4n) is 2.78. The first kappa shape index (κ1) is 23.0. The summed E-state index contributed by atoms with van der Waals surface area (Å²) in [5.74, 6) is 0. The summed E-state index contributed by atoms with van der Waals surface area (Å²) in [5.41, 5.74) is 6.13. The number of anilines is 1. The third-order valence-corrected chi connectivity index (χ3v) is 5.59. The molecule has 162 valence electrons. The Morgan fingerprint density at radius 3 is 2.45 bits per heavy atom. The number of hydrogen-bond donors (Lipinski definition) is 2. The zero-order valence-electron chi connectivity index (χ0n) is 16.6. The van der Waals surface area contributed by atoms with E-state index >= 15 is 0 Å². The molecule has 4 rings (SSSR count). The Morgan fingerprint density at radius 1 is 1.06 bits per heavy atom. The Hall–Kier alpha value is -2.68. The summed E-state index contributed by atoms with van der Waals surface area (Å²) in [7, 11) is 0. The van der Waals surface area contributed by atoms with Gasteiger partial charge in [0, 0.05) is 35.9 Å². The minimum Gasteiger partial charge on any atom is -0.362 e. The summed E-state index contributed by atoms with van der Waals surface area (Å²) in [4.78, 5) is 7.83. The monoisotopic (exact) mass is 464 g/mol. The molecule has 0 unspecified atom stereocenters. The highest BCUT2D eigenvalue weighted by Crippen LogP contribution is 2.42. The second-order valence-electron chi connectivity index (χ2n) is 6.49. The lowest BCUT2D eigenvalue weighted by molar-refractivity contribution is -0.140. The molecule has 0 atom stereocenters. The topological polar surface area (TPSA) is 63.8 Å². The van der Waals surface area contributed by atoms with Crippen LogP contribution in [0.5, 0.6) is 0 Å². The van der Waals surface area contributed by atoms with E-state index in [4.69, 9.17) is 17.3 Å². The summed E-state index contributed by atoms with van der Waals surface area (Å²) in [6, 6.07) is 14.5. The maximum Gasteiger partial charge on any atom is 0.434 e. The largest absolute Gasteiger partial charge is 0.434 e. The van der Waals surface area contributed by atoms with E-state index in [1.165, 1.54) is 0 Å². The van der Waals surface area contributed by atoms with Crippen LogP contribution in [-0.2, 0) is 12.7 Å². The number of rotatable bonds is 4. The molecule has 0 spiro atoms. The van der Waals surface area contributed by atoms with E-state index in [1.807, 2.05) is 31.2 Å². The van der Waals surface area contributed by atoms with Crippen LogP contribution in [-0.4, -0.2) is 16.5 Å². The van der Waals surface area contributed by atoms with Gasteiger partial charge in [-0.2, -0.15) is 13.2 Å². The fraction of sp³-hybridized carbons (Fsp3) is 0.182. The summed E-state index contributed by atoms with van der Waals surface area (Å²) in [5, 5.41) is 5.61. The van der Waals surface area contributed by atoms with Gasteiger partial charge in [0.15, 0.2) is 10.8 Å². The molecule has 0 saturated heterocycles. The quantitative estimate of drug-likeness (QED) is 0.357. The molecule has 4 nitrogen and oxygen atoms in total. The van der Waals surface area contributed by atoms with Crippen LogP contribution >= 0.6 is 22.9 Å². The van der Waals surface area contributed by atoms with Gasteiger partial charge in [0.2, 0.25) is 0 Å². The van der Waals surface area contributed by atoms with E-state index in [0.29, 0.717) is 18.7 Å². The van der Waals surface area contributed by atoms with Crippen molar-refractivity contribution in [2.75, 3.05) is 11.9 Å². The van der Waals surface area contributed by atoms with Crippen LogP contribution in [0, 0.1) is 0 Å². The number of hydrogen-bond acceptors (Lipinski definition) is 5. The SMILES string of the molecule is CCNc1nc(C(F)(F)F)c(-c2ccc3cnccc3c2)s1.NCc1ccc(Cl)cc1. The number of alkyl halides is 3. The van der Waals surface area contributed by atoms with Crippen LogP contribution in [0.3, 0.4) is 0 Å². The number of pyridine rings is 1. The van der Waals surface area contributed by atoms with Crippen molar-refractivity contribution in [1.82, 2.24) is 9.97 Å². The normalized spacial score (nSPS) is 11.2. The van der Waals surface area contributed by atoms with Crippen molar-refractivity contribution in [3.05, 3.63) is 77.2 Å². The van der Waals surface area contributed by atoms with E-state index in [1.54, 1.807) is 36.7 Å². The summed E-state index contributed by atoms with van der Waals surface area (Å²) < 4.78 is 39.6. The molecule has 2 aromatic heterocycles. The fourth-order valence-corrected chi connectivity index (χ4v) is 3.96. The zero-order valence-corrected chi connectivity index (χ0v) is 18.2. The predicted octanol–water partition coefficient (Wildman–Crippen LogP) is 6.61. The number of halogens is 4. The number of thiazole rings is 1. The Bertz CT molecular complexity index is 1140. The Kier molecular flexibility index (Phi) is 7.48. The average molecular weight is 465 g/mol. The Balaban J connectivity index is 0.000000254. The minimum absolute atomic E-state index is 0.127. The first-order valence-corrected chi connectivity index (χ1v) is 10.6. The Morgan fingerprint density at radius 2 is 1.81 bits per heavy atom. The van der Waals surface area contributed by atoms with Crippen molar-refractivity contribution < 1.29 is 13.2 Å². The number of fused-ring (bicyclic) bond motifs is 1. The van der Waals surface area contributed by atoms with Gasteiger partial charge in [-0.15, -0.1) is 0 Å². The molecule has 0 aliphatic carbocycles. The van der Waals surface area contributed by atoms with Gasteiger partial charge in [-0.05, 0) is 47.7 Å². The van der Waals surface area contributed by atoms with Gasteiger partial charge in [0.05, 0.1) is 4.88 Å².